The van der Waals surface area contributed by atoms with Crippen molar-refractivity contribution in [1.29, 1.82) is 0 Å². The third-order valence-corrected chi connectivity index (χ3v) is 15.0. The number of aryl methyl sites for hydroxylation is 2. The standard InChI is InChI=1S/C70H96N2O18/c1-47(2)39-54(67(81)85-35-15-11-8-10-14-18-38-88-70(84)60(40-48(3)4)72-49(5)73)45-56(74)46-55(41-50-19-27-57(28-20-50)89-65(79)33-25-52-23-31-61(75)63(77)43-52)68(82)86-36-16-12-7-9-13-17-37-87-69(83)59(71-6)42-51-21-29-58(30-22-51)90-66(80)34-26-53-24-32-62(76)64(78)44-53/h19-24,27-32,43-44,47-48,54-55,59-60,71,75-78H,7-18,25-26,33-42,45-46H2,1-6H3,(H,72,73). The number of esters is 6. The van der Waals surface area contributed by atoms with Gasteiger partial charge in [0.2, 0.25) is 5.91 Å². The highest BCUT2D eigenvalue weighted by molar-refractivity contribution is 5.88. The molecule has 0 aliphatic heterocycles. The van der Waals surface area contributed by atoms with Crippen LogP contribution in [0.1, 0.15) is 172 Å². The summed E-state index contributed by atoms with van der Waals surface area (Å²) in [7, 11) is 1.68. The lowest BCUT2D eigenvalue weighted by atomic mass is 9.88. The van der Waals surface area contributed by atoms with Crippen LogP contribution in [0.15, 0.2) is 84.9 Å². The topological polar surface area (TPSA) is 297 Å². The van der Waals surface area contributed by atoms with Crippen LogP contribution in [0, 0.1) is 23.7 Å². The van der Waals surface area contributed by atoms with Crippen LogP contribution in [0.3, 0.4) is 0 Å². The number of ether oxygens (including phenoxy) is 6. The van der Waals surface area contributed by atoms with Gasteiger partial charge >= 0.3 is 35.8 Å². The summed E-state index contributed by atoms with van der Waals surface area (Å²) in [6.45, 7) is 10.1. The van der Waals surface area contributed by atoms with Crippen LogP contribution in [0.2, 0.25) is 0 Å². The van der Waals surface area contributed by atoms with Crippen molar-refractivity contribution in [2.45, 2.75) is 188 Å². The lowest BCUT2D eigenvalue weighted by molar-refractivity contribution is -0.152. The number of likely N-dealkylation sites (N-methyl/N-ethyl adjacent to an activating group) is 1. The van der Waals surface area contributed by atoms with Crippen molar-refractivity contribution in [2.75, 3.05) is 33.5 Å². The fraction of sp³-hybridized carbons (Fsp3) is 0.543. The van der Waals surface area contributed by atoms with Crippen molar-refractivity contribution in [3.05, 3.63) is 107 Å². The van der Waals surface area contributed by atoms with E-state index >= 15 is 0 Å². The summed E-state index contributed by atoms with van der Waals surface area (Å²) in [5.74, 6) is -4.97. The number of amides is 1. The number of carbonyl (C=O) groups is 8. The van der Waals surface area contributed by atoms with Crippen LogP contribution in [0.5, 0.6) is 34.5 Å². The SMILES string of the molecule is CNC(Cc1ccc(OC(=O)CCc2ccc(O)c(O)c2)cc1)C(=O)OCCCCCCCCOC(=O)C(CC(=O)CC(CC(C)C)C(=O)OCCCCCCCCOC(=O)C(CC(C)C)NC(C)=O)Cc1ccc(OC(=O)CCc2ccc(O)c(O)c2)cc1. The monoisotopic (exact) mass is 1250 g/mol. The first-order chi connectivity index (χ1) is 43.1. The van der Waals surface area contributed by atoms with Crippen LogP contribution in [-0.4, -0.2) is 113 Å². The van der Waals surface area contributed by atoms with Crippen LogP contribution >= 0.6 is 0 Å². The predicted octanol–water partition coefficient (Wildman–Crippen LogP) is 11.0. The molecule has 4 aromatic rings. The van der Waals surface area contributed by atoms with Crippen molar-refractivity contribution >= 4 is 47.5 Å². The largest absolute Gasteiger partial charge is 0.504 e. The first kappa shape index (κ1) is 74.5. The summed E-state index contributed by atoms with van der Waals surface area (Å²) in [4.78, 5) is 103. The summed E-state index contributed by atoms with van der Waals surface area (Å²) in [6.07, 6.45) is 11.3. The number of hydrogen-bond donors (Lipinski definition) is 6. The van der Waals surface area contributed by atoms with E-state index < -0.39 is 53.8 Å². The van der Waals surface area contributed by atoms with Gasteiger partial charge in [-0.05, 0) is 154 Å². The average molecular weight is 1250 g/mol. The van der Waals surface area contributed by atoms with Crippen molar-refractivity contribution in [1.82, 2.24) is 10.6 Å². The van der Waals surface area contributed by atoms with Gasteiger partial charge in [0, 0.05) is 32.6 Å². The Hall–Kier alpha value is -8.00. The third-order valence-electron chi connectivity index (χ3n) is 15.0. The molecule has 494 valence electrons. The van der Waals surface area contributed by atoms with Crippen LogP contribution < -0.4 is 20.1 Å². The Morgan fingerprint density at radius 1 is 0.422 bits per heavy atom. The van der Waals surface area contributed by atoms with Crippen molar-refractivity contribution in [3.8, 4) is 34.5 Å². The number of rotatable bonds is 44. The molecule has 20 heteroatoms. The van der Waals surface area contributed by atoms with Crippen LogP contribution in [0.4, 0.5) is 0 Å². The number of ketones is 1. The highest BCUT2D eigenvalue weighted by Crippen LogP contribution is 2.28. The van der Waals surface area contributed by atoms with Crippen molar-refractivity contribution in [2.24, 2.45) is 23.7 Å². The molecule has 0 aliphatic rings. The lowest BCUT2D eigenvalue weighted by Crippen LogP contribution is -2.41. The van der Waals surface area contributed by atoms with E-state index in [0.29, 0.717) is 73.8 Å². The van der Waals surface area contributed by atoms with E-state index in [0.717, 1.165) is 56.9 Å². The van der Waals surface area contributed by atoms with Crippen molar-refractivity contribution < 1.29 is 87.2 Å². The summed E-state index contributed by atoms with van der Waals surface area (Å²) >= 11 is 0. The molecule has 0 radical (unpaired) electrons. The Morgan fingerprint density at radius 3 is 1.19 bits per heavy atom. The van der Waals surface area contributed by atoms with Crippen molar-refractivity contribution in [3.63, 3.8) is 0 Å². The summed E-state index contributed by atoms with van der Waals surface area (Å²) in [5, 5.41) is 44.3. The minimum absolute atomic E-state index is 0.0148. The van der Waals surface area contributed by atoms with Gasteiger partial charge in [-0.1, -0.05) is 115 Å². The maximum Gasteiger partial charge on any atom is 0.328 e. The normalized spacial score (nSPS) is 12.5. The number of carbonyl (C=O) groups excluding carboxylic acids is 8. The van der Waals surface area contributed by atoms with E-state index in [1.807, 2.05) is 27.7 Å². The van der Waals surface area contributed by atoms with E-state index in [1.165, 1.54) is 31.2 Å². The predicted molar refractivity (Wildman–Crippen MR) is 338 cm³/mol. The number of aromatic hydroxyl groups is 4. The molecule has 0 saturated heterocycles. The zero-order valence-corrected chi connectivity index (χ0v) is 53.4. The van der Waals surface area contributed by atoms with E-state index in [4.69, 9.17) is 28.4 Å². The van der Waals surface area contributed by atoms with Gasteiger partial charge in [-0.15, -0.1) is 0 Å². The molecule has 0 aromatic heterocycles. The average Bonchev–Trinajstić information content (AvgIpc) is 3.63. The van der Waals surface area contributed by atoms with E-state index in [2.05, 4.69) is 10.6 Å². The molecule has 90 heavy (non-hydrogen) atoms. The van der Waals surface area contributed by atoms with Crippen LogP contribution in [-0.2, 0) is 83.0 Å². The Labute approximate surface area is 530 Å². The van der Waals surface area contributed by atoms with E-state index in [1.54, 1.807) is 67.7 Å². The minimum atomic E-state index is -0.864. The van der Waals surface area contributed by atoms with Gasteiger partial charge in [-0.3, -0.25) is 33.6 Å². The summed E-state index contributed by atoms with van der Waals surface area (Å²) < 4.78 is 33.5. The molecule has 0 aliphatic carbocycles. The maximum absolute atomic E-state index is 13.9. The van der Waals surface area contributed by atoms with Gasteiger partial charge in [0.15, 0.2) is 23.0 Å². The number of unbranched alkanes of at least 4 members (excludes halogenated alkanes) is 10. The molecule has 4 rings (SSSR count). The fourth-order valence-corrected chi connectivity index (χ4v) is 10.1. The molecule has 1 amide bonds. The zero-order chi connectivity index (χ0) is 65.8. The fourth-order valence-electron chi connectivity index (χ4n) is 10.1. The highest BCUT2D eigenvalue weighted by Gasteiger charge is 2.30. The molecular weight excluding hydrogens is 1160 g/mol. The Kier molecular flexibility index (Phi) is 34.2. The van der Waals surface area contributed by atoms with Gasteiger partial charge in [-0.25, -0.2) is 4.79 Å². The second-order valence-corrected chi connectivity index (χ2v) is 23.9. The van der Waals surface area contributed by atoms with Gasteiger partial charge in [0.25, 0.3) is 0 Å². The second-order valence-electron chi connectivity index (χ2n) is 23.9. The molecule has 0 fully saturated rings. The van der Waals surface area contributed by atoms with Gasteiger partial charge < -0.3 is 59.5 Å². The summed E-state index contributed by atoms with van der Waals surface area (Å²) in [6, 6.07) is 21.0. The number of Topliss-reactive ketones (excluding diaryl/α,β-unsaturated/α-hetero) is 1. The molecule has 20 nitrogen and oxygen atoms in total. The molecule has 0 bridgehead atoms. The molecule has 4 unspecified atom stereocenters. The van der Waals surface area contributed by atoms with Gasteiger partial charge in [0.05, 0.1) is 38.3 Å². The quantitative estimate of drug-likeness (QED) is 0.00788. The maximum atomic E-state index is 13.9. The molecule has 4 atom stereocenters. The molecule has 6 N–H and O–H groups in total. The molecule has 4 aromatic carbocycles. The van der Waals surface area contributed by atoms with Crippen LogP contribution in [0.25, 0.3) is 0 Å². The Bertz CT molecular complexity index is 2870. The first-order valence-electron chi connectivity index (χ1n) is 31.8. The molecule has 0 spiro atoms. The molecular formula is C70H96N2O18. The lowest BCUT2D eigenvalue weighted by Gasteiger charge is -2.20. The first-order valence-corrected chi connectivity index (χ1v) is 31.8. The second kappa shape index (κ2) is 41.3. The molecule has 0 saturated carbocycles. The number of phenols is 4. The number of phenolic OH excluding ortho intramolecular Hbond substituents is 4. The van der Waals surface area contributed by atoms with Gasteiger partial charge in [-0.2, -0.15) is 0 Å². The number of hydrogen-bond acceptors (Lipinski definition) is 19. The minimum Gasteiger partial charge on any atom is -0.504 e. The molecule has 0 heterocycles. The smallest absolute Gasteiger partial charge is 0.328 e. The Morgan fingerprint density at radius 2 is 0.789 bits per heavy atom. The number of benzene rings is 4. The number of nitrogens with one attached hydrogen (secondary N) is 2. The summed E-state index contributed by atoms with van der Waals surface area (Å²) in [5.41, 5.74) is 2.85. The van der Waals surface area contributed by atoms with E-state index in [9.17, 15) is 58.8 Å². The third kappa shape index (κ3) is 30.5. The van der Waals surface area contributed by atoms with E-state index in [-0.39, 0.29) is 123 Å². The zero-order valence-electron chi connectivity index (χ0n) is 53.4. The highest BCUT2D eigenvalue weighted by atomic mass is 16.6. The Balaban J connectivity index is 1.20. The van der Waals surface area contributed by atoms with Gasteiger partial charge in [0.1, 0.15) is 29.4 Å².